The first-order valence-electron chi connectivity index (χ1n) is 10.3. The molecule has 0 aromatic heterocycles. The number of hydrogen-bond donors (Lipinski definition) is 0. The lowest BCUT2D eigenvalue weighted by molar-refractivity contribution is -0.126. The zero-order valence-electron chi connectivity index (χ0n) is 17.8. The van der Waals surface area contributed by atoms with Gasteiger partial charge in [0.2, 0.25) is 0 Å². The van der Waals surface area contributed by atoms with Crippen molar-refractivity contribution >= 4 is 17.4 Å². The van der Waals surface area contributed by atoms with Crippen molar-refractivity contribution in [2.45, 2.75) is 26.8 Å². The standard InChI is InChI=1S/C24H28FN3O2/c1-4-26-23(21-8-6-5-7-17(21)2)24(30)28-14-13-27(18(3)15-28)16-22(29)19-9-11-20(25)12-10-19/h5-12,18H,4,13-16H2,1-3H3/t18-/m1/s1. The van der Waals surface area contributed by atoms with Gasteiger partial charge < -0.3 is 4.90 Å². The lowest BCUT2D eigenvalue weighted by Crippen LogP contribution is -2.56. The molecule has 0 radical (unpaired) electrons. The van der Waals surface area contributed by atoms with Gasteiger partial charge in [0.15, 0.2) is 5.78 Å². The third-order valence-corrected chi connectivity index (χ3v) is 5.48. The van der Waals surface area contributed by atoms with E-state index in [-0.39, 0.29) is 30.1 Å². The van der Waals surface area contributed by atoms with Crippen LogP contribution in [-0.4, -0.2) is 66.0 Å². The summed E-state index contributed by atoms with van der Waals surface area (Å²) in [4.78, 5) is 34.2. The maximum absolute atomic E-state index is 13.2. The van der Waals surface area contributed by atoms with E-state index in [1.807, 2.05) is 49.9 Å². The molecule has 0 bridgehead atoms. The lowest BCUT2D eigenvalue weighted by Gasteiger charge is -2.39. The number of nitrogens with zero attached hydrogens (tertiary/aromatic N) is 3. The Hall–Kier alpha value is -2.86. The highest BCUT2D eigenvalue weighted by molar-refractivity contribution is 6.45. The molecule has 1 aliphatic heterocycles. The number of aliphatic imine (C=N–C) groups is 1. The van der Waals surface area contributed by atoms with E-state index in [1.165, 1.54) is 24.3 Å². The van der Waals surface area contributed by atoms with E-state index in [2.05, 4.69) is 9.89 Å². The number of halogens is 1. The number of aryl methyl sites for hydroxylation is 1. The molecule has 0 N–H and O–H groups in total. The van der Waals surface area contributed by atoms with E-state index in [0.29, 0.717) is 37.5 Å². The molecule has 1 saturated heterocycles. The minimum atomic E-state index is -0.356. The molecular formula is C24H28FN3O2. The van der Waals surface area contributed by atoms with E-state index in [4.69, 9.17) is 0 Å². The third kappa shape index (κ3) is 5.00. The molecule has 0 aliphatic carbocycles. The fourth-order valence-electron chi connectivity index (χ4n) is 3.74. The quantitative estimate of drug-likeness (QED) is 0.543. The van der Waals surface area contributed by atoms with Crippen LogP contribution >= 0.6 is 0 Å². The van der Waals surface area contributed by atoms with Gasteiger partial charge in [0, 0.05) is 43.3 Å². The van der Waals surface area contributed by atoms with Crippen LogP contribution in [0.3, 0.4) is 0 Å². The highest BCUT2D eigenvalue weighted by Crippen LogP contribution is 2.16. The van der Waals surface area contributed by atoms with Crippen molar-refractivity contribution in [1.82, 2.24) is 9.80 Å². The first kappa shape index (κ1) is 21.8. The molecule has 5 nitrogen and oxygen atoms in total. The Bertz CT molecular complexity index is 940. The summed E-state index contributed by atoms with van der Waals surface area (Å²) in [5, 5.41) is 0. The largest absolute Gasteiger partial charge is 0.334 e. The number of ketones is 1. The minimum absolute atomic E-state index is 0.0341. The minimum Gasteiger partial charge on any atom is -0.334 e. The van der Waals surface area contributed by atoms with Crippen LogP contribution in [0.1, 0.15) is 35.3 Å². The number of Topliss-reactive ketones (excluding diaryl/α,β-unsaturated/α-hetero) is 1. The Balaban J connectivity index is 1.67. The number of amides is 1. The van der Waals surface area contributed by atoms with Gasteiger partial charge in [0.25, 0.3) is 5.91 Å². The average Bonchev–Trinajstić information content (AvgIpc) is 2.74. The molecule has 1 aliphatic rings. The van der Waals surface area contributed by atoms with E-state index >= 15 is 0 Å². The molecule has 3 rings (SSSR count). The zero-order chi connectivity index (χ0) is 21.7. The molecule has 0 unspecified atom stereocenters. The van der Waals surface area contributed by atoms with Crippen molar-refractivity contribution in [3.8, 4) is 0 Å². The monoisotopic (exact) mass is 409 g/mol. The molecule has 158 valence electrons. The van der Waals surface area contributed by atoms with E-state index in [9.17, 15) is 14.0 Å². The molecule has 1 atom stereocenters. The van der Waals surface area contributed by atoms with Crippen LogP contribution in [-0.2, 0) is 4.79 Å². The smallest absolute Gasteiger partial charge is 0.272 e. The van der Waals surface area contributed by atoms with Crippen LogP contribution in [0, 0.1) is 12.7 Å². The summed E-state index contributed by atoms with van der Waals surface area (Å²) in [5.74, 6) is -0.470. The summed E-state index contributed by atoms with van der Waals surface area (Å²) >= 11 is 0. The SMILES string of the molecule is CCN=C(C(=O)N1CCN(CC(=O)c2ccc(F)cc2)[C@H](C)C1)c1ccccc1C. The zero-order valence-corrected chi connectivity index (χ0v) is 17.8. The maximum Gasteiger partial charge on any atom is 0.272 e. The second kappa shape index (κ2) is 9.76. The summed E-state index contributed by atoms with van der Waals surface area (Å²) in [7, 11) is 0. The number of rotatable bonds is 6. The Labute approximate surface area is 177 Å². The van der Waals surface area contributed by atoms with E-state index in [0.717, 1.165) is 11.1 Å². The normalized spacial score (nSPS) is 17.8. The Morgan fingerprint density at radius 2 is 1.80 bits per heavy atom. The van der Waals surface area contributed by atoms with Gasteiger partial charge in [0.05, 0.1) is 6.54 Å². The van der Waals surface area contributed by atoms with Crippen molar-refractivity contribution in [2.24, 2.45) is 4.99 Å². The lowest BCUT2D eigenvalue weighted by atomic mass is 10.0. The number of carbonyl (C=O) groups excluding carboxylic acids is 2. The van der Waals surface area contributed by atoms with Gasteiger partial charge in [-0.25, -0.2) is 4.39 Å². The van der Waals surface area contributed by atoms with E-state index < -0.39 is 0 Å². The highest BCUT2D eigenvalue weighted by atomic mass is 19.1. The van der Waals surface area contributed by atoms with Crippen molar-refractivity contribution < 1.29 is 14.0 Å². The molecule has 6 heteroatoms. The van der Waals surface area contributed by atoms with Gasteiger partial charge in [-0.05, 0) is 50.6 Å². The molecule has 2 aromatic carbocycles. The van der Waals surface area contributed by atoms with E-state index in [1.54, 1.807) is 0 Å². The summed E-state index contributed by atoms with van der Waals surface area (Å²) in [6.07, 6.45) is 0. The fraction of sp³-hybridized carbons (Fsp3) is 0.375. The molecule has 1 amide bonds. The fourth-order valence-corrected chi connectivity index (χ4v) is 3.74. The van der Waals surface area contributed by atoms with Crippen LogP contribution in [0.25, 0.3) is 0 Å². The second-order valence-corrected chi connectivity index (χ2v) is 7.64. The summed E-state index contributed by atoms with van der Waals surface area (Å²) in [6, 6.07) is 13.4. The van der Waals surface area contributed by atoms with Crippen LogP contribution in [0.2, 0.25) is 0 Å². The van der Waals surface area contributed by atoms with Crippen molar-refractivity contribution in [3.63, 3.8) is 0 Å². The molecule has 2 aromatic rings. The molecule has 1 heterocycles. The molecule has 1 fully saturated rings. The number of carbonyl (C=O) groups is 2. The van der Waals surface area contributed by atoms with Crippen molar-refractivity contribution in [1.29, 1.82) is 0 Å². The van der Waals surface area contributed by atoms with Gasteiger partial charge in [-0.3, -0.25) is 19.5 Å². The van der Waals surface area contributed by atoms with Gasteiger partial charge in [-0.1, -0.05) is 24.3 Å². The predicted molar refractivity (Wildman–Crippen MR) is 117 cm³/mol. The van der Waals surface area contributed by atoms with Crippen LogP contribution in [0.15, 0.2) is 53.5 Å². The summed E-state index contributed by atoms with van der Waals surface area (Å²) in [6.45, 7) is 8.38. The first-order valence-corrected chi connectivity index (χ1v) is 10.3. The maximum atomic E-state index is 13.2. The number of piperazine rings is 1. The Morgan fingerprint density at radius 3 is 2.43 bits per heavy atom. The summed E-state index contributed by atoms with van der Waals surface area (Å²) in [5.41, 5.74) is 2.89. The summed E-state index contributed by atoms with van der Waals surface area (Å²) < 4.78 is 13.1. The van der Waals surface area contributed by atoms with Gasteiger partial charge in [-0.2, -0.15) is 0 Å². The number of hydrogen-bond acceptors (Lipinski definition) is 4. The molecule has 30 heavy (non-hydrogen) atoms. The second-order valence-electron chi connectivity index (χ2n) is 7.64. The molecule has 0 spiro atoms. The molecular weight excluding hydrogens is 381 g/mol. The van der Waals surface area contributed by atoms with Crippen molar-refractivity contribution in [3.05, 3.63) is 71.0 Å². The predicted octanol–water partition coefficient (Wildman–Crippen LogP) is 3.36. The van der Waals surface area contributed by atoms with Crippen LogP contribution in [0.5, 0.6) is 0 Å². The third-order valence-electron chi connectivity index (χ3n) is 5.48. The van der Waals surface area contributed by atoms with Crippen LogP contribution in [0.4, 0.5) is 4.39 Å². The highest BCUT2D eigenvalue weighted by Gasteiger charge is 2.30. The first-order chi connectivity index (χ1) is 14.4. The van der Waals surface area contributed by atoms with Gasteiger partial charge in [0.1, 0.15) is 11.5 Å². The van der Waals surface area contributed by atoms with Gasteiger partial charge in [-0.15, -0.1) is 0 Å². The van der Waals surface area contributed by atoms with Gasteiger partial charge >= 0.3 is 0 Å². The topological polar surface area (TPSA) is 53.0 Å². The number of benzene rings is 2. The average molecular weight is 410 g/mol. The molecule has 0 saturated carbocycles. The van der Waals surface area contributed by atoms with Crippen molar-refractivity contribution in [2.75, 3.05) is 32.7 Å². The van der Waals surface area contributed by atoms with Crippen LogP contribution < -0.4 is 0 Å². The Morgan fingerprint density at radius 1 is 1.10 bits per heavy atom. The Kier molecular flexibility index (Phi) is 7.11.